The van der Waals surface area contributed by atoms with Gasteiger partial charge in [0.1, 0.15) is 17.7 Å². The molecule has 3 amide bonds. The van der Waals surface area contributed by atoms with Gasteiger partial charge in [0.05, 0.1) is 0 Å². The van der Waals surface area contributed by atoms with Crippen molar-refractivity contribution >= 4 is 34.4 Å². The summed E-state index contributed by atoms with van der Waals surface area (Å²) >= 11 is 0. The van der Waals surface area contributed by atoms with Crippen molar-refractivity contribution < 1.29 is 19.1 Å². The highest BCUT2D eigenvalue weighted by atomic mass is 16.6. The number of amides is 3. The van der Waals surface area contributed by atoms with Crippen LogP contribution < -0.4 is 10.6 Å². The molecule has 2 atom stereocenters. The first kappa shape index (κ1) is 31.3. The number of ether oxygens (including phenoxy) is 1. The van der Waals surface area contributed by atoms with E-state index in [0.717, 1.165) is 21.9 Å². The molecule has 4 aromatic carbocycles. The number of hydrogen-bond acceptors (Lipinski definition) is 4. The monoisotopic (exact) mass is 579 g/mol. The quantitative estimate of drug-likeness (QED) is 0.208. The third kappa shape index (κ3) is 8.67. The van der Waals surface area contributed by atoms with E-state index in [2.05, 4.69) is 10.6 Å². The predicted molar refractivity (Wildman–Crippen MR) is 172 cm³/mol. The number of nitrogens with one attached hydrogen (secondary N) is 2. The van der Waals surface area contributed by atoms with Crippen molar-refractivity contribution in [1.82, 2.24) is 10.2 Å². The Labute approximate surface area is 254 Å². The molecule has 0 aliphatic heterocycles. The van der Waals surface area contributed by atoms with Gasteiger partial charge in [0.15, 0.2) is 0 Å². The summed E-state index contributed by atoms with van der Waals surface area (Å²) in [4.78, 5) is 43.1. The first-order chi connectivity index (χ1) is 20.5. The van der Waals surface area contributed by atoms with Gasteiger partial charge in [-0.05, 0) is 68.1 Å². The van der Waals surface area contributed by atoms with Crippen molar-refractivity contribution in [3.63, 3.8) is 0 Å². The van der Waals surface area contributed by atoms with Gasteiger partial charge in [-0.3, -0.25) is 9.59 Å². The first-order valence-corrected chi connectivity index (χ1v) is 14.7. The van der Waals surface area contributed by atoms with E-state index in [-0.39, 0.29) is 18.2 Å². The second-order valence-corrected chi connectivity index (χ2v) is 11.8. The zero-order chi connectivity index (χ0) is 31.0. The third-order valence-electron chi connectivity index (χ3n) is 6.95. The molecule has 4 aromatic rings. The van der Waals surface area contributed by atoms with Crippen molar-refractivity contribution in [3.8, 4) is 0 Å². The zero-order valence-electron chi connectivity index (χ0n) is 25.6. The average Bonchev–Trinajstić information content (AvgIpc) is 2.96. The van der Waals surface area contributed by atoms with Crippen LogP contribution in [0.25, 0.3) is 10.8 Å². The molecular weight excluding hydrogens is 538 g/mol. The summed E-state index contributed by atoms with van der Waals surface area (Å²) in [6.45, 7) is 9.54. The molecule has 0 aliphatic carbocycles. The molecule has 0 aromatic heterocycles. The fraction of sp³-hybridized carbons (Fsp3) is 0.306. The van der Waals surface area contributed by atoms with Gasteiger partial charge in [0, 0.05) is 18.7 Å². The fourth-order valence-corrected chi connectivity index (χ4v) is 5.10. The largest absolute Gasteiger partial charge is 0.444 e. The standard InChI is InChI=1S/C36H41N3O4/c1-6-21-39(34(41)31(23-26-14-8-7-9-15-26)38-35(42)43-36(3,4)5)32(29-18-12-13-25(2)22-29)33(40)37-30-20-19-27-16-10-11-17-28(27)24-30/h7-20,22,24,31-32H,6,21,23H2,1-5H3,(H,37,40)(H,38,42). The maximum absolute atomic E-state index is 14.4. The van der Waals surface area contributed by atoms with E-state index in [1.165, 1.54) is 0 Å². The molecule has 2 N–H and O–H groups in total. The Morgan fingerprint density at radius 3 is 2.21 bits per heavy atom. The summed E-state index contributed by atoms with van der Waals surface area (Å²) < 4.78 is 5.52. The van der Waals surface area contributed by atoms with Crippen LogP contribution in [0.3, 0.4) is 0 Å². The highest BCUT2D eigenvalue weighted by molar-refractivity contribution is 6.00. The molecule has 0 saturated heterocycles. The lowest BCUT2D eigenvalue weighted by Gasteiger charge is -2.34. The topological polar surface area (TPSA) is 87.7 Å². The van der Waals surface area contributed by atoms with Crippen LogP contribution in [0.15, 0.2) is 97.1 Å². The minimum Gasteiger partial charge on any atom is -0.444 e. The van der Waals surface area contributed by atoms with Crippen molar-refractivity contribution in [2.45, 2.75) is 65.1 Å². The van der Waals surface area contributed by atoms with Gasteiger partial charge in [0.25, 0.3) is 5.91 Å². The molecule has 7 heteroatoms. The number of hydrogen-bond donors (Lipinski definition) is 2. The molecule has 43 heavy (non-hydrogen) atoms. The molecule has 2 unspecified atom stereocenters. The zero-order valence-corrected chi connectivity index (χ0v) is 25.6. The van der Waals surface area contributed by atoms with Crippen LogP contribution in [-0.2, 0) is 20.7 Å². The number of carbonyl (C=O) groups excluding carboxylic acids is 3. The van der Waals surface area contributed by atoms with Gasteiger partial charge >= 0.3 is 6.09 Å². The first-order valence-electron chi connectivity index (χ1n) is 14.7. The van der Waals surface area contributed by atoms with Crippen LogP contribution in [0.4, 0.5) is 10.5 Å². The van der Waals surface area contributed by atoms with E-state index < -0.39 is 23.8 Å². The minimum absolute atomic E-state index is 0.242. The van der Waals surface area contributed by atoms with Crippen LogP contribution in [0.1, 0.15) is 56.8 Å². The number of fused-ring (bicyclic) bond motifs is 1. The maximum Gasteiger partial charge on any atom is 0.408 e. The van der Waals surface area contributed by atoms with Gasteiger partial charge in [0.2, 0.25) is 5.91 Å². The Balaban J connectivity index is 1.72. The highest BCUT2D eigenvalue weighted by Gasteiger charge is 2.36. The van der Waals surface area contributed by atoms with Crippen LogP contribution in [0.5, 0.6) is 0 Å². The number of anilines is 1. The highest BCUT2D eigenvalue weighted by Crippen LogP contribution is 2.27. The molecule has 4 rings (SSSR count). The number of nitrogens with zero attached hydrogens (tertiary/aromatic N) is 1. The van der Waals surface area contributed by atoms with Gasteiger partial charge in [-0.25, -0.2) is 4.79 Å². The lowest BCUT2D eigenvalue weighted by atomic mass is 9.98. The second-order valence-electron chi connectivity index (χ2n) is 11.8. The SMILES string of the molecule is CCCN(C(=O)C(Cc1ccccc1)NC(=O)OC(C)(C)C)C(C(=O)Nc1ccc2ccccc2c1)c1cccc(C)c1. The maximum atomic E-state index is 14.4. The second kappa shape index (κ2) is 14.0. The summed E-state index contributed by atoms with van der Waals surface area (Å²) in [7, 11) is 0. The van der Waals surface area contributed by atoms with Crippen LogP contribution in [-0.4, -0.2) is 41.0 Å². The number of carbonyl (C=O) groups is 3. The van der Waals surface area contributed by atoms with Crippen molar-refractivity contribution in [2.75, 3.05) is 11.9 Å². The summed E-state index contributed by atoms with van der Waals surface area (Å²) in [6.07, 6.45) is 0.166. The molecule has 0 aliphatic rings. The van der Waals surface area contributed by atoms with E-state index in [1.807, 2.05) is 111 Å². The number of alkyl carbamates (subject to hydrolysis) is 1. The fourth-order valence-electron chi connectivity index (χ4n) is 5.10. The lowest BCUT2D eigenvalue weighted by Crippen LogP contribution is -2.53. The summed E-state index contributed by atoms with van der Waals surface area (Å²) in [5, 5.41) is 7.93. The molecular formula is C36H41N3O4. The smallest absolute Gasteiger partial charge is 0.408 e. The summed E-state index contributed by atoms with van der Waals surface area (Å²) in [5.74, 6) is -0.699. The van der Waals surface area contributed by atoms with Crippen LogP contribution >= 0.6 is 0 Å². The van der Waals surface area contributed by atoms with Crippen LogP contribution in [0.2, 0.25) is 0 Å². The molecule has 7 nitrogen and oxygen atoms in total. The van der Waals surface area contributed by atoms with E-state index in [1.54, 1.807) is 25.7 Å². The van der Waals surface area contributed by atoms with Crippen molar-refractivity contribution in [2.24, 2.45) is 0 Å². The Hall–Kier alpha value is -4.65. The Morgan fingerprint density at radius 2 is 1.53 bits per heavy atom. The molecule has 0 fully saturated rings. The molecule has 224 valence electrons. The van der Waals surface area contributed by atoms with E-state index in [9.17, 15) is 14.4 Å². The van der Waals surface area contributed by atoms with Gasteiger partial charge in [-0.1, -0.05) is 97.4 Å². The molecule has 0 bridgehead atoms. The van der Waals surface area contributed by atoms with Crippen molar-refractivity contribution in [1.29, 1.82) is 0 Å². The number of aryl methyl sites for hydroxylation is 1. The van der Waals surface area contributed by atoms with E-state index in [4.69, 9.17) is 4.74 Å². The normalized spacial score (nSPS) is 12.7. The Morgan fingerprint density at radius 1 is 0.837 bits per heavy atom. The van der Waals surface area contributed by atoms with Crippen LogP contribution in [0, 0.1) is 6.92 Å². The predicted octanol–water partition coefficient (Wildman–Crippen LogP) is 7.20. The van der Waals surface area contributed by atoms with Gasteiger partial charge < -0.3 is 20.3 Å². The summed E-state index contributed by atoms with van der Waals surface area (Å²) in [6, 6.07) is 28.9. The van der Waals surface area contributed by atoms with Gasteiger partial charge in [-0.2, -0.15) is 0 Å². The molecule has 0 saturated carbocycles. The van der Waals surface area contributed by atoms with Gasteiger partial charge in [-0.15, -0.1) is 0 Å². The minimum atomic E-state index is -0.954. The number of benzene rings is 4. The third-order valence-corrected chi connectivity index (χ3v) is 6.95. The summed E-state index contributed by atoms with van der Waals surface area (Å²) in [5.41, 5.74) is 2.43. The Kier molecular flexibility index (Phi) is 10.2. The lowest BCUT2D eigenvalue weighted by molar-refractivity contribution is -0.140. The number of rotatable bonds is 10. The molecule has 0 radical (unpaired) electrons. The van der Waals surface area contributed by atoms with E-state index >= 15 is 0 Å². The van der Waals surface area contributed by atoms with E-state index in [0.29, 0.717) is 24.2 Å². The average molecular weight is 580 g/mol. The molecule has 0 spiro atoms. The molecule has 0 heterocycles. The van der Waals surface area contributed by atoms with Crippen molar-refractivity contribution in [3.05, 3.63) is 114 Å². The Bertz CT molecular complexity index is 1560.